The minimum atomic E-state index is -0.0258. The van der Waals surface area contributed by atoms with Crippen molar-refractivity contribution in [3.63, 3.8) is 0 Å². The maximum atomic E-state index is 12.1. The number of H-pyrrole nitrogens is 1. The molecular formula is C26H26N6O. The molecule has 0 fully saturated rings. The van der Waals surface area contributed by atoms with Crippen molar-refractivity contribution in [2.24, 2.45) is 0 Å². The van der Waals surface area contributed by atoms with Crippen LogP contribution >= 0.6 is 0 Å². The molecule has 1 atom stereocenters. The Kier molecular flexibility index (Phi) is 4.96. The van der Waals surface area contributed by atoms with Crippen LogP contribution in [-0.2, 0) is 0 Å². The maximum absolute atomic E-state index is 12.1. The average molecular weight is 439 g/mol. The van der Waals surface area contributed by atoms with E-state index in [1.165, 1.54) is 11.1 Å². The number of aryl methyl sites for hydroxylation is 4. The fourth-order valence-electron chi connectivity index (χ4n) is 4.20. The van der Waals surface area contributed by atoms with E-state index in [9.17, 15) is 4.79 Å². The van der Waals surface area contributed by atoms with Crippen molar-refractivity contribution in [1.29, 1.82) is 0 Å². The molecule has 0 saturated carbocycles. The molecule has 3 heterocycles. The SMILES string of the molecule is Cc1cnc(-c2ccc(-c3nc(Nc4cc5c(cc4C)C(=O)NC5C)n[nH]3)cc2C)cc1C. The molecule has 0 bridgehead atoms. The lowest BCUT2D eigenvalue weighted by atomic mass is 10.00. The molecule has 0 saturated heterocycles. The minimum absolute atomic E-state index is 0.00958. The summed E-state index contributed by atoms with van der Waals surface area (Å²) in [6, 6.07) is 12.2. The Hall–Kier alpha value is -4.00. The number of anilines is 2. The molecule has 166 valence electrons. The number of fused-ring (bicyclic) bond motifs is 1. The van der Waals surface area contributed by atoms with E-state index in [0.717, 1.165) is 44.8 Å². The Labute approximate surface area is 192 Å². The van der Waals surface area contributed by atoms with Gasteiger partial charge in [0.15, 0.2) is 5.82 Å². The smallest absolute Gasteiger partial charge is 0.252 e. The first-order valence-electron chi connectivity index (χ1n) is 11.0. The zero-order chi connectivity index (χ0) is 23.3. The van der Waals surface area contributed by atoms with Gasteiger partial charge in [0.05, 0.1) is 11.7 Å². The average Bonchev–Trinajstić information content (AvgIpc) is 3.35. The molecule has 0 radical (unpaired) electrons. The first kappa shape index (κ1) is 20.9. The number of hydrogen-bond donors (Lipinski definition) is 3. The van der Waals surface area contributed by atoms with Crippen LogP contribution in [0.4, 0.5) is 11.6 Å². The number of amides is 1. The van der Waals surface area contributed by atoms with Gasteiger partial charge in [0.25, 0.3) is 5.91 Å². The lowest BCUT2D eigenvalue weighted by Gasteiger charge is -2.10. The van der Waals surface area contributed by atoms with E-state index >= 15 is 0 Å². The summed E-state index contributed by atoms with van der Waals surface area (Å²) in [7, 11) is 0. The van der Waals surface area contributed by atoms with Crippen molar-refractivity contribution in [3.8, 4) is 22.6 Å². The summed E-state index contributed by atoms with van der Waals surface area (Å²) in [5.41, 5.74) is 10.1. The molecule has 3 N–H and O–H groups in total. The Bertz CT molecular complexity index is 1400. The molecule has 4 aromatic rings. The van der Waals surface area contributed by atoms with Crippen LogP contribution in [0, 0.1) is 27.7 Å². The first-order chi connectivity index (χ1) is 15.8. The number of nitrogens with zero attached hydrogens (tertiary/aromatic N) is 3. The topological polar surface area (TPSA) is 95.6 Å². The van der Waals surface area contributed by atoms with Gasteiger partial charge in [0, 0.05) is 28.6 Å². The predicted octanol–water partition coefficient (Wildman–Crippen LogP) is 5.32. The Morgan fingerprint density at radius 1 is 0.909 bits per heavy atom. The second kappa shape index (κ2) is 7.85. The number of aromatic nitrogens is 4. The van der Waals surface area contributed by atoms with Crippen LogP contribution in [0.1, 0.15) is 51.1 Å². The molecular weight excluding hydrogens is 412 g/mol. The zero-order valence-electron chi connectivity index (χ0n) is 19.4. The highest BCUT2D eigenvalue weighted by Crippen LogP contribution is 2.32. The predicted molar refractivity (Wildman–Crippen MR) is 130 cm³/mol. The Morgan fingerprint density at radius 3 is 2.48 bits per heavy atom. The molecule has 1 amide bonds. The number of hydrogen-bond acceptors (Lipinski definition) is 5. The summed E-state index contributed by atoms with van der Waals surface area (Å²) in [6.07, 6.45) is 1.92. The number of carbonyl (C=O) groups excluding carboxylic acids is 1. The van der Waals surface area contributed by atoms with Gasteiger partial charge in [-0.25, -0.2) is 0 Å². The van der Waals surface area contributed by atoms with E-state index in [4.69, 9.17) is 0 Å². The zero-order valence-corrected chi connectivity index (χ0v) is 19.4. The Morgan fingerprint density at radius 2 is 1.73 bits per heavy atom. The fourth-order valence-corrected chi connectivity index (χ4v) is 4.20. The molecule has 1 aliphatic rings. The van der Waals surface area contributed by atoms with Crippen molar-refractivity contribution in [1.82, 2.24) is 25.5 Å². The molecule has 1 unspecified atom stereocenters. The van der Waals surface area contributed by atoms with Gasteiger partial charge in [-0.05, 0) is 86.7 Å². The fraction of sp³-hybridized carbons (Fsp3) is 0.231. The lowest BCUT2D eigenvalue weighted by Crippen LogP contribution is -2.16. The summed E-state index contributed by atoms with van der Waals surface area (Å²) >= 11 is 0. The van der Waals surface area contributed by atoms with Crippen LogP contribution in [0.5, 0.6) is 0 Å². The van der Waals surface area contributed by atoms with Crippen molar-refractivity contribution in [3.05, 3.63) is 76.0 Å². The monoisotopic (exact) mass is 438 g/mol. The van der Waals surface area contributed by atoms with Gasteiger partial charge in [-0.15, -0.1) is 5.10 Å². The Balaban J connectivity index is 1.40. The quantitative estimate of drug-likeness (QED) is 0.401. The van der Waals surface area contributed by atoms with Gasteiger partial charge in [-0.2, -0.15) is 4.98 Å². The van der Waals surface area contributed by atoms with Crippen molar-refractivity contribution < 1.29 is 4.79 Å². The summed E-state index contributed by atoms with van der Waals surface area (Å²) in [5.74, 6) is 1.14. The molecule has 5 rings (SSSR count). The number of carbonyl (C=O) groups is 1. The number of aromatic amines is 1. The van der Waals surface area contributed by atoms with Crippen molar-refractivity contribution in [2.75, 3.05) is 5.32 Å². The van der Waals surface area contributed by atoms with Crippen LogP contribution in [-0.4, -0.2) is 26.1 Å². The summed E-state index contributed by atoms with van der Waals surface area (Å²) in [5, 5.41) is 13.6. The molecule has 2 aromatic heterocycles. The summed E-state index contributed by atoms with van der Waals surface area (Å²) < 4.78 is 0. The van der Waals surface area contributed by atoms with Crippen LogP contribution in [0.2, 0.25) is 0 Å². The van der Waals surface area contributed by atoms with E-state index in [0.29, 0.717) is 11.8 Å². The van der Waals surface area contributed by atoms with Crippen LogP contribution < -0.4 is 10.6 Å². The van der Waals surface area contributed by atoms with Crippen LogP contribution in [0.3, 0.4) is 0 Å². The standard InChI is InChI=1S/C26H26N6O/c1-13-10-23(27-12-16(13)4)19-7-6-18(8-14(19)2)24-30-26(32-31-24)29-22-11-20-17(5)28-25(33)21(20)9-15(22)3/h6-12,17H,1-5H3,(H,28,33)(H2,29,30,31,32). The third kappa shape index (κ3) is 3.75. The van der Waals surface area contributed by atoms with Gasteiger partial charge in [-0.3, -0.25) is 14.9 Å². The third-order valence-corrected chi connectivity index (χ3v) is 6.34. The molecule has 33 heavy (non-hydrogen) atoms. The van der Waals surface area contributed by atoms with E-state index in [1.54, 1.807) is 0 Å². The normalized spacial score (nSPS) is 14.8. The number of pyridine rings is 1. The highest BCUT2D eigenvalue weighted by atomic mass is 16.2. The molecule has 7 nitrogen and oxygen atoms in total. The van der Waals surface area contributed by atoms with Gasteiger partial charge in [0.1, 0.15) is 0 Å². The second-order valence-electron chi connectivity index (χ2n) is 8.77. The van der Waals surface area contributed by atoms with Gasteiger partial charge < -0.3 is 10.6 Å². The van der Waals surface area contributed by atoms with E-state index in [2.05, 4.69) is 69.8 Å². The largest absolute Gasteiger partial charge is 0.345 e. The molecule has 0 spiro atoms. The van der Waals surface area contributed by atoms with Crippen molar-refractivity contribution >= 4 is 17.5 Å². The molecule has 1 aliphatic heterocycles. The molecule has 7 heteroatoms. The highest BCUT2D eigenvalue weighted by molar-refractivity contribution is 6.00. The van der Waals surface area contributed by atoms with Crippen molar-refractivity contribution in [2.45, 2.75) is 40.7 Å². The van der Waals surface area contributed by atoms with Gasteiger partial charge >= 0.3 is 0 Å². The second-order valence-corrected chi connectivity index (χ2v) is 8.77. The number of benzene rings is 2. The van der Waals surface area contributed by atoms with E-state index in [-0.39, 0.29) is 11.9 Å². The maximum Gasteiger partial charge on any atom is 0.252 e. The molecule has 0 aliphatic carbocycles. The van der Waals surface area contributed by atoms with Gasteiger partial charge in [0.2, 0.25) is 5.95 Å². The van der Waals surface area contributed by atoms with Gasteiger partial charge in [-0.1, -0.05) is 12.1 Å². The number of rotatable bonds is 4. The van der Waals surface area contributed by atoms with Crippen LogP contribution in [0.25, 0.3) is 22.6 Å². The summed E-state index contributed by atoms with van der Waals surface area (Å²) in [4.78, 5) is 21.3. The van der Waals surface area contributed by atoms with E-state index in [1.807, 2.05) is 38.2 Å². The third-order valence-electron chi connectivity index (χ3n) is 6.34. The lowest BCUT2D eigenvalue weighted by molar-refractivity contribution is 0.0958. The van der Waals surface area contributed by atoms with E-state index < -0.39 is 0 Å². The van der Waals surface area contributed by atoms with Crippen LogP contribution in [0.15, 0.2) is 42.6 Å². The number of nitrogens with one attached hydrogen (secondary N) is 3. The minimum Gasteiger partial charge on any atom is -0.345 e. The highest BCUT2D eigenvalue weighted by Gasteiger charge is 2.26. The summed E-state index contributed by atoms with van der Waals surface area (Å²) in [6.45, 7) is 10.2. The molecule has 2 aromatic carbocycles. The first-order valence-corrected chi connectivity index (χ1v) is 11.0.